The summed E-state index contributed by atoms with van der Waals surface area (Å²) in [6.45, 7) is 2.64. The Kier molecular flexibility index (Phi) is 6.48. The number of hydrogen-bond donors (Lipinski definition) is 0. The van der Waals surface area contributed by atoms with Gasteiger partial charge in [-0.3, -0.25) is 14.5 Å². The van der Waals surface area contributed by atoms with E-state index in [0.29, 0.717) is 38.4 Å². The molecule has 1 atom stereocenters. The molecule has 0 aromatic carbocycles. The molecule has 1 saturated carbocycles. The minimum atomic E-state index is -3.04. The van der Waals surface area contributed by atoms with Crippen LogP contribution in [-0.4, -0.2) is 91.2 Å². The van der Waals surface area contributed by atoms with Crippen molar-refractivity contribution in [2.45, 2.75) is 50.6 Å². The molecule has 0 unspecified atom stereocenters. The summed E-state index contributed by atoms with van der Waals surface area (Å²) in [7, 11) is -3.04. The number of piperazine rings is 1. The lowest BCUT2D eigenvalue weighted by atomic mass is 9.92. The molecule has 166 valence electrons. The van der Waals surface area contributed by atoms with Gasteiger partial charge in [-0.15, -0.1) is 0 Å². The highest BCUT2D eigenvalue weighted by molar-refractivity contribution is 7.91. The van der Waals surface area contributed by atoms with Crippen molar-refractivity contribution in [3.05, 3.63) is 24.2 Å². The van der Waals surface area contributed by atoms with Gasteiger partial charge in [0.2, 0.25) is 5.91 Å². The van der Waals surface area contributed by atoms with E-state index in [0.717, 1.165) is 25.7 Å². The maximum atomic E-state index is 13.3. The summed E-state index contributed by atoms with van der Waals surface area (Å²) in [6, 6.07) is 3.33. The molecule has 2 amide bonds. The van der Waals surface area contributed by atoms with E-state index in [4.69, 9.17) is 4.42 Å². The predicted octanol–water partition coefficient (Wildman–Crippen LogP) is 1.39. The second-order valence-corrected chi connectivity index (χ2v) is 10.9. The monoisotopic (exact) mass is 437 g/mol. The first-order chi connectivity index (χ1) is 14.4. The lowest BCUT2D eigenvalue weighted by Gasteiger charge is -2.40. The molecule has 0 bridgehead atoms. The van der Waals surface area contributed by atoms with Gasteiger partial charge in [-0.2, -0.15) is 0 Å². The van der Waals surface area contributed by atoms with E-state index in [-0.39, 0.29) is 41.9 Å². The zero-order valence-corrected chi connectivity index (χ0v) is 18.2. The molecule has 4 rings (SSSR count). The van der Waals surface area contributed by atoms with E-state index >= 15 is 0 Å². The Morgan fingerprint density at radius 3 is 2.37 bits per heavy atom. The number of amides is 2. The first kappa shape index (κ1) is 21.4. The Morgan fingerprint density at radius 1 is 1.03 bits per heavy atom. The van der Waals surface area contributed by atoms with Crippen molar-refractivity contribution in [2.75, 3.05) is 44.2 Å². The van der Waals surface area contributed by atoms with Crippen molar-refractivity contribution in [3.63, 3.8) is 0 Å². The van der Waals surface area contributed by atoms with Crippen LogP contribution >= 0.6 is 0 Å². The Hall–Kier alpha value is -1.87. The van der Waals surface area contributed by atoms with Gasteiger partial charge in [-0.25, -0.2) is 8.42 Å². The third-order valence-corrected chi connectivity index (χ3v) is 8.36. The van der Waals surface area contributed by atoms with E-state index in [1.165, 1.54) is 12.7 Å². The topological polar surface area (TPSA) is 91.1 Å². The molecular formula is C21H31N3O5S. The van der Waals surface area contributed by atoms with Crippen LogP contribution in [0.3, 0.4) is 0 Å². The molecule has 1 aromatic heterocycles. The van der Waals surface area contributed by atoms with Crippen LogP contribution in [0.4, 0.5) is 0 Å². The number of hydrogen-bond acceptors (Lipinski definition) is 6. The number of rotatable bonds is 5. The summed E-state index contributed by atoms with van der Waals surface area (Å²) in [5, 5.41) is 0. The van der Waals surface area contributed by atoms with Crippen molar-refractivity contribution in [1.29, 1.82) is 0 Å². The third-order valence-electron chi connectivity index (χ3n) is 6.61. The second-order valence-electron chi connectivity index (χ2n) is 8.70. The average molecular weight is 438 g/mol. The van der Waals surface area contributed by atoms with Gasteiger partial charge in [0.1, 0.15) is 0 Å². The molecule has 0 radical (unpaired) electrons. The summed E-state index contributed by atoms with van der Waals surface area (Å²) >= 11 is 0. The Morgan fingerprint density at radius 2 is 1.77 bits per heavy atom. The first-order valence-electron chi connectivity index (χ1n) is 11.0. The number of carbonyl (C=O) groups excluding carboxylic acids is 2. The number of carbonyl (C=O) groups is 2. The summed E-state index contributed by atoms with van der Waals surface area (Å²) in [5.74, 6) is 0.536. The molecule has 3 fully saturated rings. The van der Waals surface area contributed by atoms with Gasteiger partial charge in [0.25, 0.3) is 5.91 Å². The summed E-state index contributed by atoms with van der Waals surface area (Å²) in [5.41, 5.74) is 0. The molecular weight excluding hydrogens is 406 g/mol. The maximum absolute atomic E-state index is 13.3. The number of nitrogens with zero attached hydrogens (tertiary/aromatic N) is 3. The van der Waals surface area contributed by atoms with Crippen LogP contribution in [0.15, 0.2) is 22.8 Å². The Labute approximate surface area is 178 Å². The van der Waals surface area contributed by atoms with Crippen molar-refractivity contribution in [1.82, 2.24) is 14.7 Å². The van der Waals surface area contributed by atoms with Gasteiger partial charge >= 0.3 is 0 Å². The fraction of sp³-hybridized carbons (Fsp3) is 0.714. The number of furan rings is 1. The van der Waals surface area contributed by atoms with Crippen LogP contribution in [0.25, 0.3) is 0 Å². The van der Waals surface area contributed by atoms with Crippen LogP contribution in [-0.2, 0) is 14.6 Å². The van der Waals surface area contributed by atoms with Gasteiger partial charge in [0, 0.05) is 38.3 Å². The van der Waals surface area contributed by atoms with Crippen LogP contribution in [0.5, 0.6) is 0 Å². The summed E-state index contributed by atoms with van der Waals surface area (Å²) in [4.78, 5) is 31.5. The van der Waals surface area contributed by atoms with Gasteiger partial charge in [0.15, 0.2) is 15.6 Å². The molecule has 0 N–H and O–H groups in total. The van der Waals surface area contributed by atoms with Crippen LogP contribution in [0.1, 0.15) is 49.1 Å². The minimum Gasteiger partial charge on any atom is -0.459 e. The molecule has 0 spiro atoms. The van der Waals surface area contributed by atoms with Crippen LogP contribution in [0.2, 0.25) is 0 Å². The van der Waals surface area contributed by atoms with Crippen LogP contribution < -0.4 is 0 Å². The standard InChI is InChI=1S/C21H31N3O5S/c25-20(15-22-9-11-23(12-10-22)21(26)19-7-4-13-29-19)24(17-5-2-1-3-6-17)18-8-14-30(27,28)16-18/h4,7,13,17-18H,1-3,5-6,8-12,14-16H2/t18-/m1/s1. The van der Waals surface area contributed by atoms with E-state index in [1.807, 2.05) is 4.90 Å². The average Bonchev–Trinajstić information content (AvgIpc) is 3.39. The van der Waals surface area contributed by atoms with E-state index < -0.39 is 9.84 Å². The van der Waals surface area contributed by atoms with Crippen LogP contribution in [0, 0.1) is 0 Å². The SMILES string of the molecule is O=C(c1ccco1)N1CCN(CC(=O)N(C2CCCCC2)[C@@H]2CCS(=O)(=O)C2)CC1. The quantitative estimate of drug-likeness (QED) is 0.691. The lowest BCUT2D eigenvalue weighted by Crippen LogP contribution is -2.55. The second kappa shape index (κ2) is 9.09. The Bertz CT molecular complexity index is 840. The third kappa shape index (κ3) is 4.88. The highest BCUT2D eigenvalue weighted by Crippen LogP contribution is 2.28. The van der Waals surface area contributed by atoms with Gasteiger partial charge in [0.05, 0.1) is 24.3 Å². The zero-order chi connectivity index (χ0) is 21.1. The van der Waals surface area contributed by atoms with E-state index in [2.05, 4.69) is 4.90 Å². The molecule has 3 heterocycles. The van der Waals surface area contributed by atoms with Gasteiger partial charge < -0.3 is 14.2 Å². The highest BCUT2D eigenvalue weighted by atomic mass is 32.2. The molecule has 8 nitrogen and oxygen atoms in total. The number of sulfone groups is 1. The zero-order valence-electron chi connectivity index (χ0n) is 17.4. The van der Waals surface area contributed by atoms with Gasteiger partial charge in [-0.05, 0) is 31.4 Å². The Balaban J connectivity index is 1.36. The lowest BCUT2D eigenvalue weighted by molar-refractivity contribution is -0.138. The molecule has 9 heteroatoms. The van der Waals surface area contributed by atoms with Gasteiger partial charge in [-0.1, -0.05) is 19.3 Å². The largest absolute Gasteiger partial charge is 0.459 e. The molecule has 2 aliphatic heterocycles. The van der Waals surface area contributed by atoms with E-state index in [1.54, 1.807) is 17.0 Å². The molecule has 1 aliphatic carbocycles. The van der Waals surface area contributed by atoms with Crippen molar-refractivity contribution < 1.29 is 22.4 Å². The van der Waals surface area contributed by atoms with Crippen molar-refractivity contribution in [3.8, 4) is 0 Å². The summed E-state index contributed by atoms with van der Waals surface area (Å²) in [6.07, 6.45) is 7.36. The molecule has 3 aliphatic rings. The highest BCUT2D eigenvalue weighted by Gasteiger charge is 2.39. The first-order valence-corrected chi connectivity index (χ1v) is 12.8. The molecule has 30 heavy (non-hydrogen) atoms. The molecule has 1 aromatic rings. The fourth-order valence-corrected chi connectivity index (χ4v) is 6.71. The smallest absolute Gasteiger partial charge is 0.289 e. The normalized spacial score (nSPS) is 25.3. The predicted molar refractivity (Wildman–Crippen MR) is 112 cm³/mol. The fourth-order valence-electron chi connectivity index (χ4n) is 5.00. The molecule has 2 saturated heterocycles. The van der Waals surface area contributed by atoms with E-state index in [9.17, 15) is 18.0 Å². The van der Waals surface area contributed by atoms with Crippen molar-refractivity contribution >= 4 is 21.7 Å². The minimum absolute atomic E-state index is 0.0369. The maximum Gasteiger partial charge on any atom is 0.289 e. The summed E-state index contributed by atoms with van der Waals surface area (Å²) < 4.78 is 29.3. The van der Waals surface area contributed by atoms with Crippen molar-refractivity contribution in [2.24, 2.45) is 0 Å².